The third-order valence-electron chi connectivity index (χ3n) is 5.55. The van der Waals surface area contributed by atoms with Gasteiger partial charge >= 0.3 is 0 Å². The molecule has 1 saturated carbocycles. The lowest BCUT2D eigenvalue weighted by Crippen LogP contribution is -2.36. The Morgan fingerprint density at radius 3 is 2.16 bits per heavy atom. The van der Waals surface area contributed by atoms with Gasteiger partial charge in [0.2, 0.25) is 0 Å². The van der Waals surface area contributed by atoms with Gasteiger partial charge in [-0.1, -0.05) is 11.6 Å². The Balaban J connectivity index is 1.83. The average molecular weight is 475 g/mol. The van der Waals surface area contributed by atoms with E-state index in [0.29, 0.717) is 31.0 Å². The van der Waals surface area contributed by atoms with Gasteiger partial charge in [-0.25, -0.2) is 21.6 Å². The Bertz CT molecular complexity index is 1080. The van der Waals surface area contributed by atoms with Gasteiger partial charge in [-0.2, -0.15) is 0 Å². The standard InChI is InChI=1S/C21H22ClF3N2O3S/c1-27(2)14-4-6-15(7-5-14)31(29,30)19-9-12(3-8-16(19)22)21(28)26-13-10-17(23)20(25)18(24)11-13/h3,8-11,14-15H,4-7H2,1-2H3,(H,26,28)/t14-,15-. The summed E-state index contributed by atoms with van der Waals surface area (Å²) in [6, 6.07) is 5.33. The molecule has 0 aromatic heterocycles. The number of nitrogens with one attached hydrogen (secondary N) is 1. The van der Waals surface area contributed by atoms with Crippen molar-refractivity contribution in [2.75, 3.05) is 19.4 Å². The number of amides is 1. The SMILES string of the molecule is CN(C)[C@H]1CC[C@H](S(=O)(=O)c2cc(C(=O)Nc3cc(F)c(F)c(F)c3)ccc2Cl)CC1. The summed E-state index contributed by atoms with van der Waals surface area (Å²) in [6.45, 7) is 0. The van der Waals surface area contributed by atoms with Crippen molar-refractivity contribution in [3.63, 3.8) is 0 Å². The zero-order valence-electron chi connectivity index (χ0n) is 17.0. The second-order valence-corrected chi connectivity index (χ2v) is 10.4. The van der Waals surface area contributed by atoms with Gasteiger partial charge in [0.05, 0.1) is 15.2 Å². The maximum atomic E-state index is 13.4. The van der Waals surface area contributed by atoms with E-state index in [-0.39, 0.29) is 21.2 Å². The van der Waals surface area contributed by atoms with Crippen LogP contribution in [0.5, 0.6) is 0 Å². The lowest BCUT2D eigenvalue weighted by Gasteiger charge is -2.32. The average Bonchev–Trinajstić information content (AvgIpc) is 2.72. The summed E-state index contributed by atoms with van der Waals surface area (Å²) < 4.78 is 66.2. The molecule has 0 radical (unpaired) electrons. The number of nitrogens with zero attached hydrogens (tertiary/aromatic N) is 1. The molecule has 5 nitrogen and oxygen atoms in total. The van der Waals surface area contributed by atoms with Crippen LogP contribution in [0.3, 0.4) is 0 Å². The fourth-order valence-electron chi connectivity index (χ4n) is 3.75. The molecule has 168 valence electrons. The third-order valence-corrected chi connectivity index (χ3v) is 8.30. The Labute approximate surface area is 184 Å². The summed E-state index contributed by atoms with van der Waals surface area (Å²) in [4.78, 5) is 14.4. The fourth-order valence-corrected chi connectivity index (χ4v) is 6.07. The molecule has 0 spiro atoms. The van der Waals surface area contributed by atoms with Crippen molar-refractivity contribution in [2.45, 2.75) is 41.9 Å². The van der Waals surface area contributed by atoms with Gasteiger partial charge in [-0.15, -0.1) is 0 Å². The number of sulfone groups is 1. The van der Waals surface area contributed by atoms with Crippen LogP contribution in [0.1, 0.15) is 36.0 Å². The van der Waals surface area contributed by atoms with Crippen LogP contribution in [0.15, 0.2) is 35.2 Å². The van der Waals surface area contributed by atoms with Gasteiger partial charge in [0.25, 0.3) is 5.91 Å². The molecule has 0 saturated heterocycles. The lowest BCUT2D eigenvalue weighted by atomic mass is 9.94. The molecule has 10 heteroatoms. The molecule has 2 aromatic carbocycles. The molecule has 0 atom stereocenters. The van der Waals surface area contributed by atoms with Crippen LogP contribution >= 0.6 is 11.6 Å². The van der Waals surface area contributed by atoms with Crippen LogP contribution in [-0.2, 0) is 9.84 Å². The number of rotatable bonds is 5. The van der Waals surface area contributed by atoms with E-state index in [1.807, 2.05) is 14.1 Å². The van der Waals surface area contributed by atoms with Gasteiger partial charge in [-0.3, -0.25) is 4.79 Å². The Hall–Kier alpha value is -2.10. The molecule has 1 N–H and O–H groups in total. The zero-order valence-corrected chi connectivity index (χ0v) is 18.5. The zero-order chi connectivity index (χ0) is 22.9. The molecule has 1 fully saturated rings. The molecular formula is C21H22ClF3N2O3S. The molecule has 0 unspecified atom stereocenters. The minimum Gasteiger partial charge on any atom is -0.322 e. The van der Waals surface area contributed by atoms with Crippen molar-refractivity contribution in [2.24, 2.45) is 0 Å². The third kappa shape index (κ3) is 5.05. The summed E-state index contributed by atoms with van der Waals surface area (Å²) in [7, 11) is 0.122. The minimum absolute atomic E-state index is 0.00912. The molecule has 3 rings (SSSR count). The van der Waals surface area contributed by atoms with Gasteiger partial charge in [0.15, 0.2) is 27.3 Å². The van der Waals surface area contributed by atoms with Crippen molar-refractivity contribution >= 4 is 33.0 Å². The summed E-state index contributed by atoms with van der Waals surface area (Å²) in [5.41, 5.74) is -0.363. The van der Waals surface area contributed by atoms with E-state index in [1.54, 1.807) is 0 Å². The molecule has 31 heavy (non-hydrogen) atoms. The number of halogens is 4. The highest BCUT2D eigenvalue weighted by atomic mass is 35.5. The van der Waals surface area contributed by atoms with E-state index >= 15 is 0 Å². The first-order valence-corrected chi connectivity index (χ1v) is 11.6. The topological polar surface area (TPSA) is 66.5 Å². The highest BCUT2D eigenvalue weighted by Gasteiger charge is 2.34. The van der Waals surface area contributed by atoms with Crippen molar-refractivity contribution < 1.29 is 26.4 Å². The lowest BCUT2D eigenvalue weighted by molar-refractivity contribution is 0.102. The van der Waals surface area contributed by atoms with Crippen molar-refractivity contribution in [3.8, 4) is 0 Å². The second kappa shape index (κ2) is 9.18. The summed E-state index contributed by atoms with van der Waals surface area (Å²) in [5, 5.41) is 1.61. The first-order valence-electron chi connectivity index (χ1n) is 9.66. The molecule has 1 amide bonds. The van der Waals surface area contributed by atoms with Crippen molar-refractivity contribution in [1.29, 1.82) is 0 Å². The molecule has 0 aliphatic heterocycles. The molecular weight excluding hydrogens is 453 g/mol. The predicted octanol–water partition coefficient (Wildman–Crippen LogP) is 4.66. The molecule has 1 aliphatic rings. The van der Waals surface area contributed by atoms with Crippen LogP contribution in [0.4, 0.5) is 18.9 Å². The largest absolute Gasteiger partial charge is 0.322 e. The number of carbonyl (C=O) groups excluding carboxylic acids is 1. The van der Waals surface area contributed by atoms with Crippen LogP contribution < -0.4 is 5.32 Å². The second-order valence-electron chi connectivity index (χ2n) is 7.79. The number of anilines is 1. The Morgan fingerprint density at radius 2 is 1.61 bits per heavy atom. The Kier molecular flexibility index (Phi) is 6.98. The van der Waals surface area contributed by atoms with Gasteiger partial charge in [0.1, 0.15) is 0 Å². The highest BCUT2D eigenvalue weighted by Crippen LogP contribution is 2.34. The van der Waals surface area contributed by atoms with Gasteiger partial charge < -0.3 is 10.2 Å². The first kappa shape index (κ1) is 23.6. The van der Waals surface area contributed by atoms with Gasteiger partial charge in [0, 0.05) is 29.4 Å². The van der Waals surface area contributed by atoms with Crippen LogP contribution in [0, 0.1) is 17.5 Å². The highest BCUT2D eigenvalue weighted by molar-refractivity contribution is 7.92. The summed E-state index contributed by atoms with van der Waals surface area (Å²) in [6.07, 6.45) is 2.42. The Morgan fingerprint density at radius 1 is 1.03 bits per heavy atom. The number of carbonyl (C=O) groups is 1. The van der Waals surface area contributed by atoms with E-state index in [4.69, 9.17) is 11.6 Å². The van der Waals surface area contributed by atoms with Crippen molar-refractivity contribution in [1.82, 2.24) is 4.90 Å². The number of hydrogen-bond donors (Lipinski definition) is 1. The van der Waals surface area contributed by atoms with E-state index in [0.717, 1.165) is 18.9 Å². The quantitative estimate of drug-likeness (QED) is 0.640. The smallest absolute Gasteiger partial charge is 0.255 e. The normalized spacial score (nSPS) is 19.5. The van der Waals surface area contributed by atoms with E-state index in [2.05, 4.69) is 10.2 Å². The van der Waals surface area contributed by atoms with Crippen LogP contribution in [-0.4, -0.2) is 44.6 Å². The molecule has 1 aliphatic carbocycles. The first-order chi connectivity index (χ1) is 14.5. The molecule has 0 heterocycles. The summed E-state index contributed by atoms with van der Waals surface area (Å²) in [5.74, 6) is -5.37. The predicted molar refractivity (Wildman–Crippen MR) is 113 cm³/mol. The monoisotopic (exact) mass is 474 g/mol. The number of hydrogen-bond acceptors (Lipinski definition) is 4. The van der Waals surface area contributed by atoms with Crippen molar-refractivity contribution in [3.05, 3.63) is 58.4 Å². The molecule has 0 bridgehead atoms. The maximum absolute atomic E-state index is 13.4. The summed E-state index contributed by atoms with van der Waals surface area (Å²) >= 11 is 6.14. The van der Waals surface area contributed by atoms with Gasteiger partial charge in [-0.05, 0) is 58.0 Å². The maximum Gasteiger partial charge on any atom is 0.255 e. The molecule has 2 aromatic rings. The van der Waals surface area contributed by atoms with E-state index in [9.17, 15) is 26.4 Å². The van der Waals surface area contributed by atoms with E-state index in [1.165, 1.54) is 12.1 Å². The fraction of sp³-hybridized carbons (Fsp3) is 0.381. The van der Waals surface area contributed by atoms with Crippen LogP contribution in [0.2, 0.25) is 5.02 Å². The number of benzene rings is 2. The van der Waals surface area contributed by atoms with Crippen LogP contribution in [0.25, 0.3) is 0 Å². The van der Waals surface area contributed by atoms with E-state index < -0.39 is 38.4 Å². The minimum atomic E-state index is -3.79.